The third-order valence-corrected chi connectivity index (χ3v) is 4.50. The first-order valence-corrected chi connectivity index (χ1v) is 6.98. The summed E-state index contributed by atoms with van der Waals surface area (Å²) < 4.78 is 0. The van der Waals surface area contributed by atoms with Crippen LogP contribution in [0.3, 0.4) is 0 Å². The van der Waals surface area contributed by atoms with Gasteiger partial charge in [0.2, 0.25) is 0 Å². The standard InChI is InChI=1S/C14H15N3OS/c15-13(18)12-10-6-7-17(8-11(10)19-14(12)16)9-4-2-1-3-5-9/h1-5H,6-8,16H2,(H2,15,18). The maximum absolute atomic E-state index is 11.4. The van der Waals surface area contributed by atoms with Crippen molar-refractivity contribution in [3.63, 3.8) is 0 Å². The highest BCUT2D eigenvalue weighted by Crippen LogP contribution is 2.36. The van der Waals surface area contributed by atoms with Gasteiger partial charge in [0.15, 0.2) is 0 Å². The summed E-state index contributed by atoms with van der Waals surface area (Å²) in [5, 5.41) is 0.549. The zero-order valence-corrected chi connectivity index (χ0v) is 11.2. The van der Waals surface area contributed by atoms with Gasteiger partial charge in [-0.2, -0.15) is 0 Å². The lowest BCUT2D eigenvalue weighted by atomic mass is 10.0. The predicted octanol–water partition coefficient (Wildman–Crippen LogP) is 1.99. The summed E-state index contributed by atoms with van der Waals surface area (Å²) in [4.78, 5) is 14.9. The Morgan fingerprint density at radius 1 is 1.26 bits per heavy atom. The summed E-state index contributed by atoms with van der Waals surface area (Å²) in [6.45, 7) is 1.68. The number of nitrogen functional groups attached to an aromatic ring is 1. The van der Waals surface area contributed by atoms with Crippen LogP contribution in [0.4, 0.5) is 10.7 Å². The number of para-hydroxylation sites is 1. The Hall–Kier alpha value is -2.01. The first kappa shape index (κ1) is 12.0. The molecule has 1 amide bonds. The Balaban J connectivity index is 1.94. The molecule has 5 heteroatoms. The second-order valence-corrected chi connectivity index (χ2v) is 5.75. The summed E-state index contributed by atoms with van der Waals surface area (Å²) in [5.41, 5.74) is 14.1. The van der Waals surface area contributed by atoms with Crippen molar-refractivity contribution in [3.05, 3.63) is 46.3 Å². The number of carbonyl (C=O) groups is 1. The Bertz CT molecular complexity index is 621. The molecule has 0 aliphatic carbocycles. The lowest BCUT2D eigenvalue weighted by Crippen LogP contribution is -2.30. The monoisotopic (exact) mass is 273 g/mol. The van der Waals surface area contributed by atoms with Gasteiger partial charge in [0.05, 0.1) is 17.1 Å². The van der Waals surface area contributed by atoms with E-state index < -0.39 is 5.91 Å². The number of hydrogen-bond acceptors (Lipinski definition) is 4. The molecule has 1 aromatic heterocycles. The van der Waals surface area contributed by atoms with Crippen LogP contribution in [0.25, 0.3) is 0 Å². The van der Waals surface area contributed by atoms with Gasteiger partial charge in [-0.1, -0.05) is 18.2 Å². The summed E-state index contributed by atoms with van der Waals surface area (Å²) >= 11 is 1.48. The number of hydrogen-bond donors (Lipinski definition) is 2. The van der Waals surface area contributed by atoms with Crippen LogP contribution < -0.4 is 16.4 Å². The van der Waals surface area contributed by atoms with E-state index in [1.165, 1.54) is 17.0 Å². The average Bonchev–Trinajstić information content (AvgIpc) is 2.74. The van der Waals surface area contributed by atoms with Gasteiger partial charge in [-0.25, -0.2) is 0 Å². The van der Waals surface area contributed by atoms with Crippen molar-refractivity contribution in [2.24, 2.45) is 5.73 Å². The van der Waals surface area contributed by atoms with Crippen molar-refractivity contribution < 1.29 is 4.79 Å². The summed E-state index contributed by atoms with van der Waals surface area (Å²) in [6.07, 6.45) is 0.816. The number of rotatable bonds is 2. The van der Waals surface area contributed by atoms with Gasteiger partial charge in [-0.05, 0) is 24.1 Å². The van der Waals surface area contributed by atoms with Crippen LogP contribution in [0.2, 0.25) is 0 Å². The molecular weight excluding hydrogens is 258 g/mol. The molecule has 98 valence electrons. The van der Waals surface area contributed by atoms with Crippen molar-refractivity contribution in [2.45, 2.75) is 13.0 Å². The smallest absolute Gasteiger partial charge is 0.251 e. The molecule has 4 N–H and O–H groups in total. The van der Waals surface area contributed by atoms with Gasteiger partial charge < -0.3 is 16.4 Å². The van der Waals surface area contributed by atoms with Crippen LogP contribution in [-0.2, 0) is 13.0 Å². The third kappa shape index (κ3) is 2.06. The van der Waals surface area contributed by atoms with E-state index in [-0.39, 0.29) is 0 Å². The fraction of sp³-hybridized carbons (Fsp3) is 0.214. The number of anilines is 2. The van der Waals surface area contributed by atoms with Gasteiger partial charge in [0.1, 0.15) is 0 Å². The Morgan fingerprint density at radius 2 is 2.00 bits per heavy atom. The number of carbonyl (C=O) groups excluding carboxylic acids is 1. The maximum Gasteiger partial charge on any atom is 0.251 e. The van der Waals surface area contributed by atoms with Gasteiger partial charge >= 0.3 is 0 Å². The van der Waals surface area contributed by atoms with Gasteiger partial charge in [-0.15, -0.1) is 11.3 Å². The summed E-state index contributed by atoms with van der Waals surface area (Å²) in [6, 6.07) is 10.3. The van der Waals surface area contributed by atoms with Crippen molar-refractivity contribution >= 4 is 27.9 Å². The first-order chi connectivity index (χ1) is 9.16. The van der Waals surface area contributed by atoms with Crippen LogP contribution in [0.15, 0.2) is 30.3 Å². The lowest BCUT2D eigenvalue weighted by molar-refractivity contribution is 0.100. The number of amides is 1. The van der Waals surface area contributed by atoms with E-state index in [9.17, 15) is 4.79 Å². The highest BCUT2D eigenvalue weighted by molar-refractivity contribution is 7.16. The minimum Gasteiger partial charge on any atom is -0.390 e. The summed E-state index contributed by atoms with van der Waals surface area (Å²) in [7, 11) is 0. The average molecular weight is 273 g/mol. The van der Waals surface area contributed by atoms with Crippen molar-refractivity contribution in [3.8, 4) is 0 Å². The van der Waals surface area contributed by atoms with Gasteiger partial charge in [-0.3, -0.25) is 4.79 Å². The molecule has 0 saturated carbocycles. The van der Waals surface area contributed by atoms with Crippen LogP contribution in [0, 0.1) is 0 Å². The normalized spacial score (nSPS) is 14.2. The molecule has 0 atom stereocenters. The molecule has 1 aliphatic heterocycles. The van der Waals surface area contributed by atoms with E-state index in [4.69, 9.17) is 11.5 Å². The molecule has 0 bridgehead atoms. The highest BCUT2D eigenvalue weighted by Gasteiger charge is 2.25. The predicted molar refractivity (Wildman–Crippen MR) is 78.4 cm³/mol. The second kappa shape index (κ2) is 4.59. The summed E-state index contributed by atoms with van der Waals surface area (Å²) in [5.74, 6) is -0.414. The highest BCUT2D eigenvalue weighted by atomic mass is 32.1. The molecule has 0 fully saturated rings. The molecule has 0 unspecified atom stereocenters. The molecule has 1 aliphatic rings. The van der Waals surface area contributed by atoms with Gasteiger partial charge in [0.25, 0.3) is 5.91 Å². The third-order valence-electron chi connectivity index (χ3n) is 3.45. The van der Waals surface area contributed by atoms with E-state index in [0.29, 0.717) is 10.6 Å². The zero-order chi connectivity index (χ0) is 13.4. The molecule has 4 nitrogen and oxygen atoms in total. The molecule has 2 aromatic rings. The van der Waals surface area contributed by atoms with Crippen molar-refractivity contribution in [2.75, 3.05) is 17.2 Å². The number of primary amides is 1. The number of nitrogens with zero attached hydrogens (tertiary/aromatic N) is 1. The second-order valence-electron chi connectivity index (χ2n) is 4.61. The molecular formula is C14H15N3OS. The van der Waals surface area contributed by atoms with Crippen molar-refractivity contribution in [1.82, 2.24) is 0 Å². The molecule has 2 heterocycles. The van der Waals surface area contributed by atoms with E-state index in [1.54, 1.807) is 0 Å². The minimum atomic E-state index is -0.414. The minimum absolute atomic E-state index is 0.414. The van der Waals surface area contributed by atoms with Crippen LogP contribution in [-0.4, -0.2) is 12.5 Å². The fourth-order valence-electron chi connectivity index (χ4n) is 2.55. The number of nitrogens with two attached hydrogens (primary N) is 2. The largest absolute Gasteiger partial charge is 0.390 e. The number of benzene rings is 1. The Morgan fingerprint density at radius 3 is 2.68 bits per heavy atom. The lowest BCUT2D eigenvalue weighted by Gasteiger charge is -2.29. The topological polar surface area (TPSA) is 72.3 Å². The Kier molecular flexibility index (Phi) is 2.91. The SMILES string of the molecule is NC(=O)c1c(N)sc2c1CCN(c1ccccc1)C2. The maximum atomic E-state index is 11.4. The molecule has 19 heavy (non-hydrogen) atoms. The fourth-order valence-corrected chi connectivity index (χ4v) is 3.69. The van der Waals surface area contributed by atoms with E-state index in [1.807, 2.05) is 18.2 Å². The van der Waals surface area contributed by atoms with Gasteiger partial charge in [0, 0.05) is 17.1 Å². The quantitative estimate of drug-likeness (QED) is 0.879. The van der Waals surface area contributed by atoms with Crippen LogP contribution in [0.5, 0.6) is 0 Å². The number of thiophene rings is 1. The Labute approximate surface area is 115 Å². The number of fused-ring (bicyclic) bond motifs is 1. The molecule has 0 radical (unpaired) electrons. The van der Waals surface area contributed by atoms with E-state index in [2.05, 4.69) is 17.0 Å². The van der Waals surface area contributed by atoms with E-state index >= 15 is 0 Å². The molecule has 0 saturated heterocycles. The molecule has 0 spiro atoms. The van der Waals surface area contributed by atoms with Crippen LogP contribution in [0.1, 0.15) is 20.8 Å². The molecule has 1 aromatic carbocycles. The first-order valence-electron chi connectivity index (χ1n) is 6.16. The van der Waals surface area contributed by atoms with E-state index in [0.717, 1.165) is 30.0 Å². The zero-order valence-electron chi connectivity index (χ0n) is 10.4. The van der Waals surface area contributed by atoms with Crippen molar-refractivity contribution in [1.29, 1.82) is 0 Å². The molecule has 3 rings (SSSR count). The van der Waals surface area contributed by atoms with Crippen LogP contribution >= 0.6 is 11.3 Å².